The summed E-state index contributed by atoms with van der Waals surface area (Å²) in [6.45, 7) is 3.05. The number of carbonyl (C=O) groups excluding carboxylic acids is 2. The Labute approximate surface area is 164 Å². The Kier molecular flexibility index (Phi) is 5.26. The summed E-state index contributed by atoms with van der Waals surface area (Å²) in [6, 6.07) is 7.88. The molecule has 1 aliphatic rings. The Morgan fingerprint density at radius 1 is 0.828 bits per heavy atom. The lowest BCUT2D eigenvalue weighted by atomic mass is 10.2. The van der Waals surface area contributed by atoms with Gasteiger partial charge in [-0.2, -0.15) is 0 Å². The second-order valence-electron chi connectivity index (χ2n) is 6.70. The maximum absolute atomic E-state index is 12.2. The summed E-state index contributed by atoms with van der Waals surface area (Å²) in [6.07, 6.45) is 0.260. The van der Waals surface area contributed by atoms with Gasteiger partial charge in [0, 0.05) is 23.3 Å². The van der Waals surface area contributed by atoms with E-state index in [1.54, 1.807) is 0 Å². The van der Waals surface area contributed by atoms with Gasteiger partial charge < -0.3 is 9.47 Å². The van der Waals surface area contributed by atoms with Gasteiger partial charge in [0.2, 0.25) is 0 Å². The van der Waals surface area contributed by atoms with Crippen LogP contribution in [0.2, 0.25) is 0 Å². The van der Waals surface area contributed by atoms with Gasteiger partial charge in [0.25, 0.3) is 11.4 Å². The molecule has 0 aliphatic heterocycles. The lowest BCUT2D eigenvalue weighted by Crippen LogP contribution is -2.17. The minimum Gasteiger partial charge on any atom is -0.426 e. The number of esters is 2. The molecule has 3 rings (SSSR count). The fourth-order valence-corrected chi connectivity index (χ4v) is 2.89. The second kappa shape index (κ2) is 7.66. The Hall–Kier alpha value is -3.82. The first-order valence-corrected chi connectivity index (χ1v) is 8.61. The summed E-state index contributed by atoms with van der Waals surface area (Å²) in [5.74, 6) is -2.28. The maximum Gasteiger partial charge on any atom is 0.315 e. The molecule has 0 radical (unpaired) electrons. The van der Waals surface area contributed by atoms with Gasteiger partial charge in [-0.3, -0.25) is 29.8 Å². The summed E-state index contributed by atoms with van der Waals surface area (Å²) < 4.78 is 10.4. The number of nitrogens with zero attached hydrogens (tertiary/aromatic N) is 2. The summed E-state index contributed by atoms with van der Waals surface area (Å²) in [5.41, 5.74) is 0.522. The predicted octanol–water partition coefficient (Wildman–Crippen LogP) is 3.27. The van der Waals surface area contributed by atoms with Crippen LogP contribution < -0.4 is 9.47 Å². The van der Waals surface area contributed by atoms with E-state index in [2.05, 4.69) is 0 Å². The van der Waals surface area contributed by atoms with E-state index in [9.17, 15) is 29.8 Å². The van der Waals surface area contributed by atoms with E-state index < -0.39 is 33.6 Å². The quantitative estimate of drug-likeness (QED) is 0.311. The van der Waals surface area contributed by atoms with Crippen molar-refractivity contribution in [3.8, 4) is 11.5 Å². The van der Waals surface area contributed by atoms with E-state index in [4.69, 9.17) is 9.47 Å². The SMILES string of the molecule is Cc1cc(OC(=O)[C@@H]2C[C@H]2C(=O)Oc2ccc([N+](=O)[O-])c(C)c2)ccc1[N+](=O)[O-]. The fourth-order valence-electron chi connectivity index (χ4n) is 2.89. The second-order valence-corrected chi connectivity index (χ2v) is 6.70. The zero-order chi connectivity index (χ0) is 21.3. The molecular formula is C19H16N2O8. The van der Waals surface area contributed by atoms with E-state index in [1.807, 2.05) is 0 Å². The van der Waals surface area contributed by atoms with Crippen LogP contribution in [0.4, 0.5) is 11.4 Å². The smallest absolute Gasteiger partial charge is 0.315 e. The number of nitro groups is 2. The van der Waals surface area contributed by atoms with Crippen LogP contribution >= 0.6 is 0 Å². The number of hydrogen-bond donors (Lipinski definition) is 0. The Balaban J connectivity index is 1.59. The third-order valence-electron chi connectivity index (χ3n) is 4.56. The van der Waals surface area contributed by atoms with Gasteiger partial charge in [0.15, 0.2) is 0 Å². The number of aryl methyl sites for hydroxylation is 2. The number of ether oxygens (including phenoxy) is 2. The fraction of sp³-hybridized carbons (Fsp3) is 0.263. The van der Waals surface area contributed by atoms with Crippen LogP contribution in [0.1, 0.15) is 17.5 Å². The molecule has 10 nitrogen and oxygen atoms in total. The topological polar surface area (TPSA) is 139 Å². The molecule has 0 bridgehead atoms. The molecule has 2 aromatic carbocycles. The third-order valence-corrected chi connectivity index (χ3v) is 4.56. The van der Waals surface area contributed by atoms with Crippen LogP contribution in [0.25, 0.3) is 0 Å². The molecule has 1 aliphatic carbocycles. The van der Waals surface area contributed by atoms with Crippen molar-refractivity contribution in [2.45, 2.75) is 20.3 Å². The van der Waals surface area contributed by atoms with Crippen molar-refractivity contribution in [2.24, 2.45) is 11.8 Å². The molecule has 0 aromatic heterocycles. The summed E-state index contributed by atoms with van der Waals surface area (Å²) in [7, 11) is 0. The lowest BCUT2D eigenvalue weighted by Gasteiger charge is -2.06. The van der Waals surface area contributed by atoms with Crippen molar-refractivity contribution in [3.63, 3.8) is 0 Å². The highest BCUT2D eigenvalue weighted by Crippen LogP contribution is 2.41. The summed E-state index contributed by atoms with van der Waals surface area (Å²) in [5, 5.41) is 21.7. The molecule has 0 N–H and O–H groups in total. The number of hydrogen-bond acceptors (Lipinski definition) is 8. The minimum atomic E-state index is -0.669. The van der Waals surface area contributed by atoms with Gasteiger partial charge in [-0.05, 0) is 44.5 Å². The van der Waals surface area contributed by atoms with Gasteiger partial charge in [-0.15, -0.1) is 0 Å². The van der Waals surface area contributed by atoms with E-state index in [0.717, 1.165) is 0 Å². The summed E-state index contributed by atoms with van der Waals surface area (Å²) in [4.78, 5) is 45.0. The first kappa shape index (κ1) is 19.9. The number of nitro benzene ring substituents is 2. The van der Waals surface area contributed by atoms with Crippen molar-refractivity contribution in [3.05, 3.63) is 67.8 Å². The highest BCUT2D eigenvalue weighted by Gasteiger charge is 2.50. The zero-order valence-electron chi connectivity index (χ0n) is 15.5. The van der Waals surface area contributed by atoms with E-state index in [0.29, 0.717) is 11.1 Å². The highest BCUT2D eigenvalue weighted by molar-refractivity contribution is 5.89. The van der Waals surface area contributed by atoms with Gasteiger partial charge in [-0.25, -0.2) is 0 Å². The largest absolute Gasteiger partial charge is 0.426 e. The molecule has 0 spiro atoms. The number of benzene rings is 2. The molecule has 1 saturated carbocycles. The van der Waals surface area contributed by atoms with Crippen molar-refractivity contribution in [2.75, 3.05) is 0 Å². The Morgan fingerprint density at radius 2 is 1.21 bits per heavy atom. The van der Waals surface area contributed by atoms with Gasteiger partial charge in [0.05, 0.1) is 21.7 Å². The monoisotopic (exact) mass is 400 g/mol. The summed E-state index contributed by atoms with van der Waals surface area (Å²) >= 11 is 0. The third kappa shape index (κ3) is 4.37. The van der Waals surface area contributed by atoms with Crippen molar-refractivity contribution in [1.29, 1.82) is 0 Å². The van der Waals surface area contributed by atoms with Gasteiger partial charge in [-0.1, -0.05) is 0 Å². The Bertz CT molecular complexity index is 951. The van der Waals surface area contributed by atoms with Crippen LogP contribution in [0, 0.1) is 45.9 Å². The van der Waals surface area contributed by atoms with E-state index >= 15 is 0 Å². The van der Waals surface area contributed by atoms with E-state index in [-0.39, 0.29) is 29.3 Å². The van der Waals surface area contributed by atoms with Crippen molar-refractivity contribution < 1.29 is 28.9 Å². The number of rotatable bonds is 6. The Morgan fingerprint density at radius 3 is 1.52 bits per heavy atom. The first-order chi connectivity index (χ1) is 13.7. The standard InChI is InChI=1S/C19H16N2O8/c1-10-7-12(3-5-16(10)20(24)25)28-18(22)14-9-15(14)19(23)29-13-4-6-17(21(26)27)11(2)8-13/h3-8,14-15H,9H2,1-2H3/t14-,15-/m1/s1. The van der Waals surface area contributed by atoms with Gasteiger partial charge in [0.1, 0.15) is 11.5 Å². The van der Waals surface area contributed by atoms with Crippen LogP contribution in [0.5, 0.6) is 11.5 Å². The van der Waals surface area contributed by atoms with Crippen molar-refractivity contribution >= 4 is 23.3 Å². The average Bonchev–Trinajstić information content (AvgIpc) is 3.42. The van der Waals surface area contributed by atoms with Crippen molar-refractivity contribution in [1.82, 2.24) is 0 Å². The molecule has 150 valence electrons. The molecule has 29 heavy (non-hydrogen) atoms. The average molecular weight is 400 g/mol. The molecule has 0 saturated heterocycles. The number of carbonyl (C=O) groups is 2. The zero-order valence-corrected chi connectivity index (χ0v) is 15.5. The van der Waals surface area contributed by atoms with Crippen LogP contribution in [-0.4, -0.2) is 21.8 Å². The molecule has 1 fully saturated rings. The molecule has 2 atom stereocenters. The minimum absolute atomic E-state index is 0.0870. The molecular weight excluding hydrogens is 384 g/mol. The predicted molar refractivity (Wildman–Crippen MR) is 98.5 cm³/mol. The molecule has 0 unspecified atom stereocenters. The maximum atomic E-state index is 12.2. The lowest BCUT2D eigenvalue weighted by molar-refractivity contribution is -0.385. The molecule has 0 amide bonds. The van der Waals surface area contributed by atoms with Crippen LogP contribution in [0.15, 0.2) is 36.4 Å². The highest BCUT2D eigenvalue weighted by atomic mass is 16.6. The first-order valence-electron chi connectivity index (χ1n) is 8.61. The van der Waals surface area contributed by atoms with Gasteiger partial charge >= 0.3 is 11.9 Å². The van der Waals surface area contributed by atoms with Crippen LogP contribution in [-0.2, 0) is 9.59 Å². The van der Waals surface area contributed by atoms with Crippen LogP contribution in [0.3, 0.4) is 0 Å². The normalized spacial score (nSPS) is 17.3. The van der Waals surface area contributed by atoms with E-state index in [1.165, 1.54) is 50.2 Å². The molecule has 2 aromatic rings. The molecule has 10 heteroatoms. The molecule has 0 heterocycles.